The van der Waals surface area contributed by atoms with E-state index in [1.807, 2.05) is 0 Å². The predicted molar refractivity (Wildman–Crippen MR) is 66.7 cm³/mol. The fourth-order valence-corrected chi connectivity index (χ4v) is 2.86. The van der Waals surface area contributed by atoms with E-state index in [1.54, 1.807) is 0 Å². The van der Waals surface area contributed by atoms with Gasteiger partial charge in [0.1, 0.15) is 0 Å². The second-order valence-corrected chi connectivity index (χ2v) is 5.20. The molecule has 0 spiro atoms. The van der Waals surface area contributed by atoms with E-state index in [1.165, 1.54) is 51.7 Å². The fourth-order valence-electron chi connectivity index (χ4n) is 2.86. The van der Waals surface area contributed by atoms with Gasteiger partial charge in [0.15, 0.2) is 0 Å². The summed E-state index contributed by atoms with van der Waals surface area (Å²) in [6, 6.07) is 1.36. The first kappa shape index (κ1) is 12.3. The number of ether oxygens (including phenoxy) is 1. The van der Waals surface area contributed by atoms with Gasteiger partial charge in [-0.2, -0.15) is 0 Å². The highest BCUT2D eigenvalue weighted by Crippen LogP contribution is 2.14. The van der Waals surface area contributed by atoms with Gasteiger partial charge >= 0.3 is 0 Å². The Morgan fingerprint density at radius 2 is 2.12 bits per heavy atom. The Morgan fingerprint density at radius 3 is 2.88 bits per heavy atom. The van der Waals surface area contributed by atoms with Gasteiger partial charge in [-0.1, -0.05) is 6.92 Å². The summed E-state index contributed by atoms with van der Waals surface area (Å²) in [5.74, 6) is 0. The van der Waals surface area contributed by atoms with Crippen molar-refractivity contribution in [2.75, 3.05) is 32.8 Å². The Morgan fingerprint density at radius 1 is 1.19 bits per heavy atom. The first-order chi connectivity index (χ1) is 7.88. The number of likely N-dealkylation sites (tertiary alicyclic amines) is 1. The minimum absolute atomic E-state index is 0.628. The summed E-state index contributed by atoms with van der Waals surface area (Å²) in [5.41, 5.74) is 0. The number of rotatable bonds is 4. The van der Waals surface area contributed by atoms with E-state index in [0.717, 1.165) is 19.3 Å². The average Bonchev–Trinajstić information content (AvgIpc) is 2.68. The Bertz CT molecular complexity index is 192. The van der Waals surface area contributed by atoms with Gasteiger partial charge in [0.2, 0.25) is 0 Å². The number of hydrogen-bond donors (Lipinski definition) is 1. The summed E-state index contributed by atoms with van der Waals surface area (Å²) in [6.07, 6.45) is 6.50. The van der Waals surface area contributed by atoms with Gasteiger partial charge in [0, 0.05) is 18.7 Å². The van der Waals surface area contributed by atoms with Crippen LogP contribution in [0.5, 0.6) is 0 Å². The molecule has 2 unspecified atom stereocenters. The highest BCUT2D eigenvalue weighted by molar-refractivity contribution is 4.80. The van der Waals surface area contributed by atoms with Gasteiger partial charge in [0.05, 0.1) is 6.61 Å². The quantitative estimate of drug-likeness (QED) is 0.788. The lowest BCUT2D eigenvalue weighted by Crippen LogP contribution is -2.39. The van der Waals surface area contributed by atoms with Crippen LogP contribution in [-0.2, 0) is 4.74 Å². The second kappa shape index (κ2) is 6.58. The summed E-state index contributed by atoms with van der Waals surface area (Å²) < 4.78 is 5.42. The zero-order chi connectivity index (χ0) is 11.2. The molecule has 0 saturated carbocycles. The third-order valence-electron chi connectivity index (χ3n) is 3.76. The molecule has 2 saturated heterocycles. The topological polar surface area (TPSA) is 24.5 Å². The van der Waals surface area contributed by atoms with Crippen LogP contribution in [0, 0.1) is 0 Å². The molecule has 2 atom stereocenters. The van der Waals surface area contributed by atoms with E-state index in [-0.39, 0.29) is 0 Å². The molecular weight excluding hydrogens is 200 g/mol. The molecule has 2 fully saturated rings. The van der Waals surface area contributed by atoms with Crippen LogP contribution in [0.15, 0.2) is 0 Å². The van der Waals surface area contributed by atoms with Crippen molar-refractivity contribution >= 4 is 0 Å². The molecule has 2 heterocycles. The molecule has 0 aromatic carbocycles. The lowest BCUT2D eigenvalue weighted by molar-refractivity contribution is 0.187. The first-order valence-corrected chi connectivity index (χ1v) is 6.94. The molecule has 0 bridgehead atoms. The standard InChI is InChI=1S/C13H26N2O/c1-2-7-15-8-3-4-12(5-9-15)14-13-6-10-16-11-13/h12-14H,2-11H2,1H3. The van der Waals surface area contributed by atoms with Crippen molar-refractivity contribution < 1.29 is 4.74 Å². The van der Waals surface area contributed by atoms with E-state index in [0.29, 0.717) is 6.04 Å². The molecule has 0 amide bonds. The fraction of sp³-hybridized carbons (Fsp3) is 1.00. The van der Waals surface area contributed by atoms with Crippen LogP contribution < -0.4 is 5.32 Å². The smallest absolute Gasteiger partial charge is 0.0620 e. The van der Waals surface area contributed by atoms with Crippen LogP contribution in [0.1, 0.15) is 39.0 Å². The highest BCUT2D eigenvalue weighted by atomic mass is 16.5. The van der Waals surface area contributed by atoms with E-state index >= 15 is 0 Å². The van der Waals surface area contributed by atoms with Gasteiger partial charge in [-0.15, -0.1) is 0 Å². The highest BCUT2D eigenvalue weighted by Gasteiger charge is 2.21. The molecule has 94 valence electrons. The van der Waals surface area contributed by atoms with Crippen molar-refractivity contribution in [1.82, 2.24) is 10.2 Å². The maximum absolute atomic E-state index is 5.42. The van der Waals surface area contributed by atoms with Crippen LogP contribution in [0.3, 0.4) is 0 Å². The molecule has 2 aliphatic rings. The third kappa shape index (κ3) is 3.72. The van der Waals surface area contributed by atoms with Crippen molar-refractivity contribution in [2.24, 2.45) is 0 Å². The zero-order valence-electron chi connectivity index (χ0n) is 10.6. The molecule has 0 radical (unpaired) electrons. The lowest BCUT2D eigenvalue weighted by Gasteiger charge is -2.21. The SMILES string of the molecule is CCCN1CCCC(NC2CCOC2)CC1. The molecule has 0 aromatic rings. The van der Waals surface area contributed by atoms with Gasteiger partial charge in [0.25, 0.3) is 0 Å². The lowest BCUT2D eigenvalue weighted by atomic mass is 10.1. The monoisotopic (exact) mass is 226 g/mol. The molecule has 0 aromatic heterocycles. The molecule has 2 aliphatic heterocycles. The first-order valence-electron chi connectivity index (χ1n) is 6.94. The van der Waals surface area contributed by atoms with Crippen molar-refractivity contribution in [2.45, 2.75) is 51.1 Å². The van der Waals surface area contributed by atoms with Gasteiger partial charge in [-0.3, -0.25) is 0 Å². The predicted octanol–water partition coefficient (Wildman–Crippen LogP) is 1.63. The van der Waals surface area contributed by atoms with Gasteiger partial charge in [-0.25, -0.2) is 0 Å². The van der Waals surface area contributed by atoms with E-state index < -0.39 is 0 Å². The zero-order valence-corrected chi connectivity index (χ0v) is 10.6. The number of nitrogens with one attached hydrogen (secondary N) is 1. The van der Waals surface area contributed by atoms with Gasteiger partial charge < -0.3 is 15.0 Å². The summed E-state index contributed by atoms with van der Waals surface area (Å²) in [5, 5.41) is 3.77. The van der Waals surface area contributed by atoms with Crippen molar-refractivity contribution in [3.63, 3.8) is 0 Å². The summed E-state index contributed by atoms with van der Waals surface area (Å²) >= 11 is 0. The maximum Gasteiger partial charge on any atom is 0.0620 e. The molecule has 0 aliphatic carbocycles. The van der Waals surface area contributed by atoms with Crippen LogP contribution in [0.25, 0.3) is 0 Å². The third-order valence-corrected chi connectivity index (χ3v) is 3.76. The summed E-state index contributed by atoms with van der Waals surface area (Å²) in [6.45, 7) is 8.00. The van der Waals surface area contributed by atoms with Gasteiger partial charge in [-0.05, 0) is 51.7 Å². The van der Waals surface area contributed by atoms with Crippen molar-refractivity contribution in [1.29, 1.82) is 0 Å². The van der Waals surface area contributed by atoms with E-state index in [4.69, 9.17) is 4.74 Å². The van der Waals surface area contributed by atoms with Crippen molar-refractivity contribution in [3.8, 4) is 0 Å². The molecule has 3 heteroatoms. The Kier molecular flexibility index (Phi) is 5.07. The number of hydrogen-bond acceptors (Lipinski definition) is 3. The molecule has 3 nitrogen and oxygen atoms in total. The molecule has 16 heavy (non-hydrogen) atoms. The normalized spacial score (nSPS) is 32.8. The molecule has 1 N–H and O–H groups in total. The van der Waals surface area contributed by atoms with Crippen LogP contribution in [0.2, 0.25) is 0 Å². The second-order valence-electron chi connectivity index (χ2n) is 5.20. The molecule has 2 rings (SSSR count). The summed E-state index contributed by atoms with van der Waals surface area (Å²) in [4.78, 5) is 2.62. The van der Waals surface area contributed by atoms with Crippen molar-refractivity contribution in [3.05, 3.63) is 0 Å². The molecular formula is C13H26N2O. The maximum atomic E-state index is 5.42. The largest absolute Gasteiger partial charge is 0.380 e. The van der Waals surface area contributed by atoms with E-state index in [9.17, 15) is 0 Å². The average molecular weight is 226 g/mol. The summed E-state index contributed by atoms with van der Waals surface area (Å²) in [7, 11) is 0. The van der Waals surface area contributed by atoms with Crippen LogP contribution >= 0.6 is 0 Å². The van der Waals surface area contributed by atoms with Crippen LogP contribution in [0.4, 0.5) is 0 Å². The van der Waals surface area contributed by atoms with Crippen LogP contribution in [-0.4, -0.2) is 49.8 Å². The number of nitrogens with zero attached hydrogens (tertiary/aromatic N) is 1. The van der Waals surface area contributed by atoms with E-state index in [2.05, 4.69) is 17.1 Å². The Labute approximate surface area is 99.5 Å². The Balaban J connectivity index is 1.70. The Hall–Kier alpha value is -0.120. The minimum Gasteiger partial charge on any atom is -0.380 e. The minimum atomic E-state index is 0.628.